The first kappa shape index (κ1) is 12.2. The molecule has 2 rings (SSSR count). The molecule has 17 heavy (non-hydrogen) atoms. The van der Waals surface area contributed by atoms with Gasteiger partial charge < -0.3 is 5.32 Å². The molecule has 0 saturated carbocycles. The van der Waals surface area contributed by atoms with Crippen LogP contribution in [0.25, 0.3) is 0 Å². The number of hydrogen-bond donors (Lipinski definition) is 1. The zero-order valence-corrected chi connectivity index (χ0v) is 11.2. The first-order chi connectivity index (χ1) is 8.29. The molecule has 4 heteroatoms. The van der Waals surface area contributed by atoms with Crippen molar-refractivity contribution < 1.29 is 0 Å². The molecule has 0 radical (unpaired) electrons. The fourth-order valence-corrected chi connectivity index (χ4v) is 2.00. The minimum atomic E-state index is 0.248. The van der Waals surface area contributed by atoms with Crippen molar-refractivity contribution >= 4 is 15.9 Å². The van der Waals surface area contributed by atoms with Crippen LogP contribution in [0.3, 0.4) is 0 Å². The molecule has 1 heterocycles. The van der Waals surface area contributed by atoms with Crippen LogP contribution < -0.4 is 5.32 Å². The van der Waals surface area contributed by atoms with Gasteiger partial charge in [-0.1, -0.05) is 28.1 Å². The third-order valence-electron chi connectivity index (χ3n) is 2.68. The van der Waals surface area contributed by atoms with Gasteiger partial charge in [-0.15, -0.1) is 0 Å². The second kappa shape index (κ2) is 5.89. The van der Waals surface area contributed by atoms with Gasteiger partial charge in [0, 0.05) is 28.5 Å². The SMILES string of the molecule is CNC(Cc1ccc(Br)cc1)c1cncnc1. The Morgan fingerprint density at radius 1 is 1.18 bits per heavy atom. The summed E-state index contributed by atoms with van der Waals surface area (Å²) in [7, 11) is 1.95. The Morgan fingerprint density at radius 2 is 1.82 bits per heavy atom. The van der Waals surface area contributed by atoms with Gasteiger partial charge in [-0.2, -0.15) is 0 Å². The maximum atomic E-state index is 4.05. The van der Waals surface area contributed by atoms with Crippen molar-refractivity contribution in [2.24, 2.45) is 0 Å². The average Bonchev–Trinajstić information content (AvgIpc) is 2.39. The van der Waals surface area contributed by atoms with Gasteiger partial charge in [-0.05, 0) is 31.2 Å². The van der Waals surface area contributed by atoms with Crippen LogP contribution in [0, 0.1) is 0 Å². The molecule has 1 unspecified atom stereocenters. The van der Waals surface area contributed by atoms with Crippen molar-refractivity contribution in [2.45, 2.75) is 12.5 Å². The number of nitrogens with one attached hydrogen (secondary N) is 1. The Labute approximate surface area is 109 Å². The van der Waals surface area contributed by atoms with E-state index < -0.39 is 0 Å². The Kier molecular flexibility index (Phi) is 4.23. The molecule has 0 amide bonds. The van der Waals surface area contributed by atoms with Gasteiger partial charge in [-0.3, -0.25) is 0 Å². The minimum Gasteiger partial charge on any atom is -0.313 e. The van der Waals surface area contributed by atoms with Crippen molar-refractivity contribution in [3.63, 3.8) is 0 Å². The largest absolute Gasteiger partial charge is 0.313 e. The number of benzene rings is 1. The summed E-state index contributed by atoms with van der Waals surface area (Å²) in [6, 6.07) is 8.61. The van der Waals surface area contributed by atoms with Crippen LogP contribution in [0.4, 0.5) is 0 Å². The molecule has 0 spiro atoms. The molecule has 1 aromatic heterocycles. The lowest BCUT2D eigenvalue weighted by Crippen LogP contribution is -2.19. The van der Waals surface area contributed by atoms with Crippen molar-refractivity contribution in [3.8, 4) is 0 Å². The van der Waals surface area contributed by atoms with Gasteiger partial charge in [0.15, 0.2) is 0 Å². The fraction of sp³-hybridized carbons (Fsp3) is 0.231. The lowest BCUT2D eigenvalue weighted by atomic mass is 10.0. The quantitative estimate of drug-likeness (QED) is 0.941. The third-order valence-corrected chi connectivity index (χ3v) is 3.21. The van der Waals surface area contributed by atoms with Crippen LogP contribution in [0.5, 0.6) is 0 Å². The predicted octanol–water partition coefficient (Wildman–Crippen LogP) is 2.74. The second-order valence-electron chi connectivity index (χ2n) is 3.84. The summed E-state index contributed by atoms with van der Waals surface area (Å²) in [4.78, 5) is 8.10. The van der Waals surface area contributed by atoms with Gasteiger partial charge >= 0.3 is 0 Å². The number of hydrogen-bond acceptors (Lipinski definition) is 3. The zero-order valence-electron chi connectivity index (χ0n) is 9.60. The number of aromatic nitrogens is 2. The Hall–Kier alpha value is -1.26. The van der Waals surface area contributed by atoms with E-state index in [2.05, 4.69) is 55.5 Å². The van der Waals surface area contributed by atoms with Crippen LogP contribution in [-0.2, 0) is 6.42 Å². The lowest BCUT2D eigenvalue weighted by molar-refractivity contribution is 0.587. The number of halogens is 1. The molecule has 0 aliphatic carbocycles. The van der Waals surface area contributed by atoms with Crippen LogP contribution in [-0.4, -0.2) is 17.0 Å². The Balaban J connectivity index is 2.13. The van der Waals surface area contributed by atoms with Gasteiger partial charge in [-0.25, -0.2) is 9.97 Å². The summed E-state index contributed by atoms with van der Waals surface area (Å²) in [6.45, 7) is 0. The standard InChI is InChI=1S/C13H14BrN3/c1-15-13(11-7-16-9-17-8-11)6-10-2-4-12(14)5-3-10/h2-5,7-9,13,15H,6H2,1H3. The van der Waals surface area contributed by atoms with Crippen LogP contribution in [0.1, 0.15) is 17.2 Å². The molecule has 0 fully saturated rings. The molecule has 1 atom stereocenters. The molecular weight excluding hydrogens is 278 g/mol. The molecule has 0 aliphatic heterocycles. The summed E-state index contributed by atoms with van der Waals surface area (Å²) in [5.74, 6) is 0. The van der Waals surface area contributed by atoms with Crippen molar-refractivity contribution in [1.29, 1.82) is 0 Å². The van der Waals surface area contributed by atoms with Crippen LogP contribution >= 0.6 is 15.9 Å². The molecular formula is C13H14BrN3. The topological polar surface area (TPSA) is 37.8 Å². The van der Waals surface area contributed by atoms with E-state index in [4.69, 9.17) is 0 Å². The normalized spacial score (nSPS) is 12.4. The molecule has 1 aromatic carbocycles. The van der Waals surface area contributed by atoms with E-state index in [-0.39, 0.29) is 6.04 Å². The van der Waals surface area contributed by atoms with Crippen molar-refractivity contribution in [2.75, 3.05) is 7.05 Å². The first-order valence-corrected chi connectivity index (χ1v) is 6.25. The van der Waals surface area contributed by atoms with E-state index in [9.17, 15) is 0 Å². The summed E-state index contributed by atoms with van der Waals surface area (Å²) in [5.41, 5.74) is 2.40. The predicted molar refractivity (Wildman–Crippen MR) is 71.7 cm³/mol. The summed E-state index contributed by atoms with van der Waals surface area (Å²) in [6.07, 6.45) is 6.19. The molecule has 0 saturated heterocycles. The molecule has 2 aromatic rings. The summed E-state index contributed by atoms with van der Waals surface area (Å²) >= 11 is 3.44. The van der Waals surface area contributed by atoms with E-state index >= 15 is 0 Å². The van der Waals surface area contributed by atoms with Crippen molar-refractivity contribution in [3.05, 3.63) is 58.6 Å². The molecule has 1 N–H and O–H groups in total. The highest BCUT2D eigenvalue weighted by molar-refractivity contribution is 9.10. The molecule has 0 aliphatic rings. The lowest BCUT2D eigenvalue weighted by Gasteiger charge is -2.15. The Bertz CT molecular complexity index is 456. The second-order valence-corrected chi connectivity index (χ2v) is 4.76. The molecule has 3 nitrogen and oxygen atoms in total. The maximum absolute atomic E-state index is 4.05. The molecule has 0 bridgehead atoms. The minimum absolute atomic E-state index is 0.248. The van der Waals surface area contributed by atoms with Gasteiger partial charge in [0.05, 0.1) is 0 Å². The highest BCUT2D eigenvalue weighted by atomic mass is 79.9. The van der Waals surface area contributed by atoms with Crippen molar-refractivity contribution in [1.82, 2.24) is 15.3 Å². The maximum Gasteiger partial charge on any atom is 0.115 e. The number of rotatable bonds is 4. The smallest absolute Gasteiger partial charge is 0.115 e. The zero-order chi connectivity index (χ0) is 12.1. The van der Waals surface area contributed by atoms with E-state index in [1.807, 2.05) is 19.4 Å². The van der Waals surface area contributed by atoms with Gasteiger partial charge in [0.2, 0.25) is 0 Å². The van der Waals surface area contributed by atoms with E-state index in [1.165, 1.54) is 5.56 Å². The van der Waals surface area contributed by atoms with Gasteiger partial charge in [0.25, 0.3) is 0 Å². The third kappa shape index (κ3) is 3.35. The van der Waals surface area contributed by atoms with Crippen LogP contribution in [0.15, 0.2) is 47.5 Å². The van der Waals surface area contributed by atoms with E-state index in [0.29, 0.717) is 0 Å². The summed E-state index contributed by atoms with van der Waals surface area (Å²) < 4.78 is 1.10. The highest BCUT2D eigenvalue weighted by Crippen LogP contribution is 2.18. The first-order valence-electron chi connectivity index (χ1n) is 5.46. The fourth-order valence-electron chi connectivity index (χ4n) is 1.73. The number of nitrogens with zero attached hydrogens (tertiary/aromatic N) is 2. The van der Waals surface area contributed by atoms with E-state index in [1.54, 1.807) is 6.33 Å². The molecule has 88 valence electrons. The summed E-state index contributed by atoms with van der Waals surface area (Å²) in [5, 5.41) is 3.29. The Morgan fingerprint density at radius 3 is 2.41 bits per heavy atom. The van der Waals surface area contributed by atoms with E-state index in [0.717, 1.165) is 16.5 Å². The number of likely N-dealkylation sites (N-methyl/N-ethyl adjacent to an activating group) is 1. The average molecular weight is 292 g/mol. The monoisotopic (exact) mass is 291 g/mol. The highest BCUT2D eigenvalue weighted by Gasteiger charge is 2.10. The van der Waals surface area contributed by atoms with Gasteiger partial charge in [0.1, 0.15) is 6.33 Å². The van der Waals surface area contributed by atoms with Crippen LogP contribution in [0.2, 0.25) is 0 Å².